The van der Waals surface area contributed by atoms with Gasteiger partial charge in [-0.15, -0.1) is 0 Å². The van der Waals surface area contributed by atoms with Crippen LogP contribution in [0.1, 0.15) is 29.9 Å². The van der Waals surface area contributed by atoms with Gasteiger partial charge in [-0.1, -0.05) is 24.3 Å². The molecule has 0 amide bonds. The van der Waals surface area contributed by atoms with Crippen molar-refractivity contribution in [3.05, 3.63) is 77.9 Å². The van der Waals surface area contributed by atoms with Crippen LogP contribution < -0.4 is 10.0 Å². The highest BCUT2D eigenvalue weighted by molar-refractivity contribution is 7.70. The number of nitrogens with zero attached hydrogens (tertiary/aromatic N) is 5. The van der Waals surface area contributed by atoms with Gasteiger partial charge in [0, 0.05) is 23.1 Å². The Morgan fingerprint density at radius 3 is 2.62 bits per heavy atom. The summed E-state index contributed by atoms with van der Waals surface area (Å²) in [7, 11) is -3.03. The second kappa shape index (κ2) is 8.26. The van der Waals surface area contributed by atoms with Gasteiger partial charge in [0.1, 0.15) is 31.1 Å². The van der Waals surface area contributed by atoms with Crippen LogP contribution in [-0.2, 0) is 4.57 Å². The number of ether oxygens (including phenoxy) is 1. The number of alkyl halides is 2. The molecule has 0 spiro atoms. The number of rotatable bonds is 4. The predicted molar refractivity (Wildman–Crippen MR) is 137 cm³/mol. The number of hydrogen-bond acceptors (Lipinski definition) is 5. The van der Waals surface area contributed by atoms with Crippen LogP contribution >= 0.6 is 7.14 Å². The highest BCUT2D eigenvalue weighted by Crippen LogP contribution is 2.51. The third-order valence-corrected chi connectivity index (χ3v) is 8.96. The maximum absolute atomic E-state index is 15.2. The quantitative estimate of drug-likeness (QED) is 0.202. The van der Waals surface area contributed by atoms with E-state index < -0.39 is 31.4 Å². The topological polar surface area (TPSA) is 74.8 Å². The molecule has 2 bridgehead atoms. The fraction of sp³-hybridized carbons (Fsp3) is 0.222. The zero-order valence-corrected chi connectivity index (χ0v) is 21.5. The summed E-state index contributed by atoms with van der Waals surface area (Å²) in [5, 5.41) is 4.27. The van der Waals surface area contributed by atoms with E-state index >= 15 is 4.39 Å². The molecule has 198 valence electrons. The average molecular weight is 553 g/mol. The van der Waals surface area contributed by atoms with Crippen molar-refractivity contribution in [2.45, 2.75) is 25.1 Å². The first-order chi connectivity index (χ1) is 18.6. The van der Waals surface area contributed by atoms with E-state index in [2.05, 4.69) is 10.1 Å². The number of halogens is 4. The van der Waals surface area contributed by atoms with Crippen molar-refractivity contribution in [2.75, 3.05) is 13.3 Å². The fourth-order valence-electron chi connectivity index (χ4n) is 5.85. The van der Waals surface area contributed by atoms with Crippen LogP contribution in [0.3, 0.4) is 0 Å². The van der Waals surface area contributed by atoms with Crippen LogP contribution in [0.15, 0.2) is 54.9 Å². The number of benzene rings is 3. The maximum atomic E-state index is 15.2. The highest BCUT2D eigenvalue weighted by Gasteiger charge is 2.43. The lowest BCUT2D eigenvalue weighted by Gasteiger charge is -2.21. The molecule has 7 nitrogen and oxygen atoms in total. The van der Waals surface area contributed by atoms with Crippen molar-refractivity contribution in [3.63, 3.8) is 0 Å². The molecule has 7 rings (SSSR count). The van der Waals surface area contributed by atoms with Gasteiger partial charge >= 0.3 is 6.61 Å². The second-order valence-electron chi connectivity index (χ2n) is 10.0. The minimum absolute atomic E-state index is 0.0148. The van der Waals surface area contributed by atoms with Crippen molar-refractivity contribution in [2.24, 2.45) is 0 Å². The third-order valence-electron chi connectivity index (χ3n) is 7.45. The van der Waals surface area contributed by atoms with Gasteiger partial charge in [0.15, 0.2) is 17.5 Å². The van der Waals surface area contributed by atoms with E-state index in [0.717, 1.165) is 0 Å². The van der Waals surface area contributed by atoms with E-state index in [4.69, 9.17) is 9.72 Å². The van der Waals surface area contributed by atoms with E-state index in [9.17, 15) is 17.7 Å². The molecule has 0 unspecified atom stereocenters. The normalized spacial score (nSPS) is 17.7. The first-order valence-electron chi connectivity index (χ1n) is 12.2. The zero-order chi connectivity index (χ0) is 27.2. The summed E-state index contributed by atoms with van der Waals surface area (Å²) < 4.78 is 78.0. The summed E-state index contributed by atoms with van der Waals surface area (Å²) >= 11 is 0. The van der Waals surface area contributed by atoms with Crippen LogP contribution in [-0.4, -0.2) is 44.3 Å². The second-order valence-corrected chi connectivity index (χ2v) is 13.2. The SMILES string of the molecule is CP(C)(=O)c1ccc(-c2ccc3nc4n(c3c2)[C@H]2C[C@H]4n3ncnc3-c3cccc(OC(F)F)c32)c(F)c1F. The lowest BCUT2D eigenvalue weighted by atomic mass is 9.97. The summed E-state index contributed by atoms with van der Waals surface area (Å²) in [4.78, 5) is 9.22. The van der Waals surface area contributed by atoms with Gasteiger partial charge in [-0.3, -0.25) is 0 Å². The Hall–Kier alpha value is -3.98. The number of hydrogen-bond donors (Lipinski definition) is 0. The van der Waals surface area contributed by atoms with E-state index in [1.165, 1.54) is 37.9 Å². The zero-order valence-electron chi connectivity index (χ0n) is 20.6. The first-order valence-corrected chi connectivity index (χ1v) is 14.8. The standard InChI is InChI=1S/C27H20F4N5O2P/c1-39(2,37)21-9-7-14(23(28)24(21)29)13-6-8-16-17(10-13)35-18-11-19(26(35)34-16)36-25(32-12-33-36)15-4-3-5-20(22(15)18)38-27(30)31/h3-10,12,18-19,27H,11H2,1-2H3/t18-,19+/m0/s1. The molecule has 0 fully saturated rings. The van der Waals surface area contributed by atoms with E-state index in [1.54, 1.807) is 35.0 Å². The van der Waals surface area contributed by atoms with E-state index in [-0.39, 0.29) is 22.7 Å². The van der Waals surface area contributed by atoms with Crippen LogP contribution in [0.5, 0.6) is 5.75 Å². The molecule has 2 aliphatic heterocycles. The smallest absolute Gasteiger partial charge is 0.387 e. The molecule has 0 saturated heterocycles. The Bertz CT molecular complexity index is 1860. The van der Waals surface area contributed by atoms with Crippen molar-refractivity contribution < 1.29 is 26.9 Å². The van der Waals surface area contributed by atoms with Crippen LogP contribution in [0.4, 0.5) is 17.6 Å². The molecular formula is C27H20F4N5O2P. The van der Waals surface area contributed by atoms with Gasteiger partial charge in [0.2, 0.25) is 0 Å². The molecule has 0 saturated carbocycles. The minimum atomic E-state index is -3.03. The maximum Gasteiger partial charge on any atom is 0.387 e. The molecule has 0 radical (unpaired) electrons. The number of aromatic nitrogens is 5. The summed E-state index contributed by atoms with van der Waals surface area (Å²) in [6.45, 7) is -0.253. The monoisotopic (exact) mass is 553 g/mol. The Labute approximate surface area is 219 Å². The van der Waals surface area contributed by atoms with Crippen molar-refractivity contribution in [3.8, 4) is 28.3 Å². The Morgan fingerprint density at radius 2 is 1.85 bits per heavy atom. The van der Waals surface area contributed by atoms with Crippen LogP contribution in [0, 0.1) is 11.6 Å². The molecule has 4 heterocycles. The minimum Gasteiger partial charge on any atom is -0.434 e. The van der Waals surface area contributed by atoms with Gasteiger partial charge in [-0.05, 0) is 43.2 Å². The summed E-state index contributed by atoms with van der Waals surface area (Å²) in [5.74, 6) is -1.01. The van der Waals surface area contributed by atoms with Crippen molar-refractivity contribution in [1.82, 2.24) is 24.3 Å². The molecular weight excluding hydrogens is 533 g/mol. The molecule has 0 N–H and O–H groups in total. The lowest BCUT2D eigenvalue weighted by Crippen LogP contribution is -2.14. The Kier molecular flexibility index (Phi) is 5.10. The molecule has 39 heavy (non-hydrogen) atoms. The largest absolute Gasteiger partial charge is 0.434 e. The molecule has 2 aromatic heterocycles. The average Bonchev–Trinajstić information content (AvgIpc) is 3.56. The van der Waals surface area contributed by atoms with Gasteiger partial charge in [0.25, 0.3) is 0 Å². The van der Waals surface area contributed by atoms with Gasteiger partial charge < -0.3 is 13.9 Å². The van der Waals surface area contributed by atoms with Crippen LogP contribution in [0.2, 0.25) is 0 Å². The summed E-state index contributed by atoms with van der Waals surface area (Å²) in [6, 6.07) is 12.0. The molecule has 2 atom stereocenters. The molecule has 0 aliphatic carbocycles. The molecule has 12 heteroatoms. The van der Waals surface area contributed by atoms with Gasteiger partial charge in [0.05, 0.1) is 22.4 Å². The number of fused-ring (bicyclic) bond motifs is 6. The molecule has 5 aromatic rings. The summed E-state index contributed by atoms with van der Waals surface area (Å²) in [6.07, 6.45) is 1.88. The van der Waals surface area contributed by atoms with Crippen molar-refractivity contribution >= 4 is 23.5 Å². The van der Waals surface area contributed by atoms with Gasteiger partial charge in [-0.25, -0.2) is 23.4 Å². The van der Waals surface area contributed by atoms with E-state index in [1.807, 2.05) is 4.57 Å². The predicted octanol–water partition coefficient (Wildman–Crippen LogP) is 5.99. The Morgan fingerprint density at radius 1 is 1.03 bits per heavy atom. The van der Waals surface area contributed by atoms with Crippen LogP contribution in [0.25, 0.3) is 33.5 Å². The molecule has 3 aromatic carbocycles. The number of imidazole rings is 1. The van der Waals surface area contributed by atoms with Gasteiger partial charge in [-0.2, -0.15) is 13.9 Å². The third kappa shape index (κ3) is 3.49. The van der Waals surface area contributed by atoms with Crippen molar-refractivity contribution in [1.29, 1.82) is 0 Å². The van der Waals surface area contributed by atoms with E-state index in [0.29, 0.717) is 45.8 Å². The first kappa shape index (κ1) is 24.1. The highest BCUT2D eigenvalue weighted by atomic mass is 31.2. The molecule has 2 aliphatic rings. The fourth-order valence-corrected chi connectivity index (χ4v) is 6.86. The Balaban J connectivity index is 1.46. The lowest BCUT2D eigenvalue weighted by molar-refractivity contribution is -0.0506. The summed E-state index contributed by atoms with van der Waals surface area (Å²) in [5.41, 5.74) is 2.78.